The highest BCUT2D eigenvalue weighted by Crippen LogP contribution is 2.45. The molecule has 0 aromatic rings. The van der Waals surface area contributed by atoms with Crippen LogP contribution in [0.5, 0.6) is 0 Å². The Kier molecular flexibility index (Phi) is 60.2. The zero-order chi connectivity index (χ0) is 64.2. The third-order valence-corrected chi connectivity index (χ3v) is 17.7. The molecule has 0 rings (SSSR count). The van der Waals surface area contributed by atoms with Crippen molar-refractivity contribution >= 4 is 39.5 Å². The smallest absolute Gasteiger partial charge is 0.462 e. The highest BCUT2D eigenvalue weighted by atomic mass is 31.2. The molecule has 17 nitrogen and oxygen atoms in total. The Hall–Kier alpha value is -1.94. The Labute approximate surface area is 530 Å². The number of phosphoric acid groups is 2. The number of unbranched alkanes of at least 4 members (excludes halogenated alkanes) is 40. The summed E-state index contributed by atoms with van der Waals surface area (Å²) >= 11 is 0. The van der Waals surface area contributed by atoms with Crippen LogP contribution >= 0.6 is 15.6 Å². The number of rotatable bonds is 68. The van der Waals surface area contributed by atoms with E-state index >= 15 is 0 Å². The first-order valence-electron chi connectivity index (χ1n) is 35.6. The number of ether oxygens (including phenoxy) is 4. The van der Waals surface area contributed by atoms with Gasteiger partial charge < -0.3 is 33.8 Å². The van der Waals surface area contributed by atoms with Gasteiger partial charge in [0, 0.05) is 25.7 Å². The maximum atomic E-state index is 13.0. The van der Waals surface area contributed by atoms with Crippen LogP contribution in [0.25, 0.3) is 0 Å². The molecule has 516 valence electrons. The number of hydrogen-bond acceptors (Lipinski definition) is 15. The molecular weight excluding hydrogens is 1150 g/mol. The molecule has 0 aromatic heterocycles. The van der Waals surface area contributed by atoms with Crippen LogP contribution in [0, 0.1) is 5.92 Å². The normalized spacial score (nSPS) is 14.1. The largest absolute Gasteiger partial charge is 0.472 e. The summed E-state index contributed by atoms with van der Waals surface area (Å²) < 4.78 is 68.1. The molecule has 0 bridgehead atoms. The maximum absolute atomic E-state index is 13.0. The summed E-state index contributed by atoms with van der Waals surface area (Å²) in [5.41, 5.74) is 0. The average Bonchev–Trinajstić information content (AvgIpc) is 3.58. The summed E-state index contributed by atoms with van der Waals surface area (Å²) in [5.74, 6) is -1.46. The van der Waals surface area contributed by atoms with Crippen LogP contribution in [0.2, 0.25) is 0 Å². The highest BCUT2D eigenvalue weighted by molar-refractivity contribution is 7.47. The molecule has 0 aliphatic heterocycles. The molecule has 2 unspecified atom stereocenters. The van der Waals surface area contributed by atoms with Crippen molar-refractivity contribution in [2.75, 3.05) is 39.6 Å². The third-order valence-electron chi connectivity index (χ3n) is 15.8. The molecule has 0 aromatic carbocycles. The molecule has 0 fully saturated rings. The van der Waals surface area contributed by atoms with Gasteiger partial charge in [-0.2, -0.15) is 0 Å². The molecule has 0 amide bonds. The standard InChI is InChI=1S/C68H132O17P2/c1-6-9-12-15-18-21-23-25-27-28-30-32-34-37-43-48-53-67(72)84-63(57-79-66(71)52-47-42-36-33-31-29-26-24-22-19-16-13-10-7-2)59-82-86(74,75)80-55-62(69)56-81-87(76,77)83-60-64(58-78-65(70)51-46-41-35-20-17-14-11-8-3)85-68(73)54-49-44-39-38-40-45-50-61(4)5/h61-64,69H,6-60H2,1-5H3,(H,74,75)(H,76,77)/t62-,63-,64-/m1/s1. The fraction of sp³-hybridized carbons (Fsp3) is 0.941. The van der Waals surface area contributed by atoms with Gasteiger partial charge in [-0.3, -0.25) is 37.3 Å². The average molecular weight is 1280 g/mol. The van der Waals surface area contributed by atoms with Gasteiger partial charge in [-0.25, -0.2) is 9.13 Å². The number of aliphatic hydroxyl groups excluding tert-OH is 1. The Balaban J connectivity index is 5.20. The Morgan fingerprint density at radius 2 is 0.529 bits per heavy atom. The van der Waals surface area contributed by atoms with E-state index in [0.29, 0.717) is 31.6 Å². The first-order chi connectivity index (χ1) is 42.0. The molecule has 87 heavy (non-hydrogen) atoms. The molecule has 0 aliphatic rings. The van der Waals surface area contributed by atoms with E-state index in [1.54, 1.807) is 0 Å². The summed E-state index contributed by atoms with van der Waals surface area (Å²) in [6.07, 6.45) is 47.4. The van der Waals surface area contributed by atoms with Crippen molar-refractivity contribution in [3.05, 3.63) is 0 Å². The Morgan fingerprint density at radius 1 is 0.310 bits per heavy atom. The monoisotopic (exact) mass is 1280 g/mol. The summed E-state index contributed by atoms with van der Waals surface area (Å²) in [5, 5.41) is 10.6. The van der Waals surface area contributed by atoms with Crippen LogP contribution in [0.3, 0.4) is 0 Å². The Morgan fingerprint density at radius 3 is 0.782 bits per heavy atom. The van der Waals surface area contributed by atoms with Gasteiger partial charge in [0.05, 0.1) is 26.4 Å². The number of hydrogen-bond donors (Lipinski definition) is 3. The number of phosphoric ester groups is 2. The molecule has 0 heterocycles. The minimum absolute atomic E-state index is 0.102. The van der Waals surface area contributed by atoms with Crippen molar-refractivity contribution in [2.45, 2.75) is 368 Å². The lowest BCUT2D eigenvalue weighted by atomic mass is 10.0. The predicted octanol–water partition coefficient (Wildman–Crippen LogP) is 19.4. The molecule has 0 aliphatic carbocycles. The van der Waals surface area contributed by atoms with Crippen LogP contribution in [-0.4, -0.2) is 96.7 Å². The van der Waals surface area contributed by atoms with E-state index in [1.165, 1.54) is 167 Å². The molecule has 0 spiro atoms. The first kappa shape index (κ1) is 85.1. The van der Waals surface area contributed by atoms with E-state index in [1.807, 2.05) is 0 Å². The molecule has 0 radical (unpaired) electrons. The van der Waals surface area contributed by atoms with E-state index in [0.717, 1.165) is 96.3 Å². The summed E-state index contributed by atoms with van der Waals surface area (Å²) in [4.78, 5) is 72.3. The third kappa shape index (κ3) is 62.6. The van der Waals surface area contributed by atoms with Crippen molar-refractivity contribution in [1.29, 1.82) is 0 Å². The summed E-state index contributed by atoms with van der Waals surface area (Å²) in [6.45, 7) is 7.12. The number of carbonyl (C=O) groups is 4. The van der Waals surface area contributed by atoms with Gasteiger partial charge in [-0.1, -0.05) is 298 Å². The van der Waals surface area contributed by atoms with Crippen molar-refractivity contribution in [1.82, 2.24) is 0 Å². The fourth-order valence-electron chi connectivity index (χ4n) is 10.3. The SMILES string of the molecule is CCCCCCCCCCCCCCCCCCC(=O)O[C@H](COC(=O)CCCCCCCCCCCCCCCC)COP(=O)(O)OC[C@@H](O)COP(=O)(O)OC[C@@H](COC(=O)CCCCCCCCCC)OC(=O)CCCCCCCCC(C)C. The van der Waals surface area contributed by atoms with E-state index in [4.69, 9.17) is 37.0 Å². The number of carbonyl (C=O) groups excluding carboxylic acids is 4. The van der Waals surface area contributed by atoms with E-state index < -0.39 is 97.5 Å². The second-order valence-electron chi connectivity index (χ2n) is 25.0. The van der Waals surface area contributed by atoms with Crippen molar-refractivity contribution < 1.29 is 80.2 Å². The lowest BCUT2D eigenvalue weighted by molar-refractivity contribution is -0.161. The lowest BCUT2D eigenvalue weighted by Crippen LogP contribution is -2.30. The lowest BCUT2D eigenvalue weighted by Gasteiger charge is -2.21. The van der Waals surface area contributed by atoms with Crippen LogP contribution in [0.4, 0.5) is 0 Å². The van der Waals surface area contributed by atoms with E-state index in [9.17, 15) is 43.2 Å². The second-order valence-corrected chi connectivity index (χ2v) is 27.9. The van der Waals surface area contributed by atoms with Gasteiger partial charge in [0.1, 0.15) is 19.3 Å². The topological polar surface area (TPSA) is 237 Å². The zero-order valence-corrected chi connectivity index (χ0v) is 57.9. The number of esters is 4. The van der Waals surface area contributed by atoms with Crippen LogP contribution < -0.4 is 0 Å². The predicted molar refractivity (Wildman–Crippen MR) is 349 cm³/mol. The fourth-order valence-corrected chi connectivity index (χ4v) is 11.9. The zero-order valence-electron chi connectivity index (χ0n) is 56.2. The summed E-state index contributed by atoms with van der Waals surface area (Å²) in [6, 6.07) is 0. The number of aliphatic hydroxyl groups is 1. The van der Waals surface area contributed by atoms with Crippen LogP contribution in [0.1, 0.15) is 349 Å². The Bertz CT molecular complexity index is 1690. The van der Waals surface area contributed by atoms with E-state index in [-0.39, 0.29) is 25.7 Å². The molecular formula is C68H132O17P2. The van der Waals surface area contributed by atoms with Gasteiger partial charge in [-0.05, 0) is 31.6 Å². The van der Waals surface area contributed by atoms with Crippen LogP contribution in [-0.2, 0) is 65.4 Å². The molecule has 0 saturated carbocycles. The summed E-state index contributed by atoms with van der Waals surface area (Å²) in [7, 11) is -9.89. The highest BCUT2D eigenvalue weighted by Gasteiger charge is 2.30. The molecule has 0 saturated heterocycles. The second kappa shape index (κ2) is 61.6. The maximum Gasteiger partial charge on any atom is 0.472 e. The van der Waals surface area contributed by atoms with Gasteiger partial charge in [0.25, 0.3) is 0 Å². The van der Waals surface area contributed by atoms with Gasteiger partial charge >= 0.3 is 39.5 Å². The molecule has 5 atom stereocenters. The van der Waals surface area contributed by atoms with Gasteiger partial charge in [-0.15, -0.1) is 0 Å². The minimum atomic E-state index is -4.95. The first-order valence-corrected chi connectivity index (χ1v) is 38.6. The van der Waals surface area contributed by atoms with Gasteiger partial charge in [0.2, 0.25) is 0 Å². The van der Waals surface area contributed by atoms with Crippen LogP contribution in [0.15, 0.2) is 0 Å². The van der Waals surface area contributed by atoms with Crippen molar-refractivity contribution in [3.63, 3.8) is 0 Å². The minimum Gasteiger partial charge on any atom is -0.462 e. The molecule has 3 N–H and O–H groups in total. The van der Waals surface area contributed by atoms with Gasteiger partial charge in [0.15, 0.2) is 12.2 Å². The quantitative estimate of drug-likeness (QED) is 0.0222. The van der Waals surface area contributed by atoms with Crippen molar-refractivity contribution in [2.24, 2.45) is 5.92 Å². The van der Waals surface area contributed by atoms with Crippen molar-refractivity contribution in [3.8, 4) is 0 Å². The van der Waals surface area contributed by atoms with E-state index in [2.05, 4.69) is 34.6 Å². The molecule has 19 heteroatoms.